The predicted molar refractivity (Wildman–Crippen MR) is 71.4 cm³/mol. The lowest BCUT2D eigenvalue weighted by atomic mass is 10.2. The molecule has 1 aromatic rings. The van der Waals surface area contributed by atoms with Crippen molar-refractivity contribution in [2.45, 2.75) is 39.5 Å². The van der Waals surface area contributed by atoms with Gasteiger partial charge in [-0.25, -0.2) is 4.79 Å². The normalized spacial score (nSPS) is 15.0. The van der Waals surface area contributed by atoms with Crippen LogP contribution >= 0.6 is 22.6 Å². The largest absolute Gasteiger partial charge is 0.444 e. The Labute approximate surface area is 114 Å². The van der Waals surface area contributed by atoms with Crippen molar-refractivity contribution in [1.29, 1.82) is 0 Å². The lowest BCUT2D eigenvalue weighted by Crippen LogP contribution is -2.33. The molecule has 0 saturated heterocycles. The van der Waals surface area contributed by atoms with Crippen LogP contribution in [0.25, 0.3) is 0 Å². The minimum Gasteiger partial charge on any atom is -0.444 e. The zero-order chi connectivity index (χ0) is 12.8. The standard InChI is InChI=1S/C11H16IN3O2/c1-11(2,3)17-10(16)15-5-7-8(6-15)14(4)13-9(7)12/h5-6H2,1-4H3. The third-order valence-corrected chi connectivity index (χ3v) is 3.43. The minimum atomic E-state index is -0.447. The van der Waals surface area contributed by atoms with Crippen LogP contribution in [0, 0.1) is 3.70 Å². The number of nitrogens with zero attached hydrogens (tertiary/aromatic N) is 3. The van der Waals surface area contributed by atoms with Crippen molar-refractivity contribution >= 4 is 28.7 Å². The molecule has 0 saturated carbocycles. The number of carbonyl (C=O) groups is 1. The first-order valence-electron chi connectivity index (χ1n) is 5.46. The number of amides is 1. The van der Waals surface area contributed by atoms with Gasteiger partial charge in [-0.05, 0) is 43.4 Å². The molecule has 0 bridgehead atoms. The zero-order valence-corrected chi connectivity index (χ0v) is 12.6. The fraction of sp³-hybridized carbons (Fsp3) is 0.636. The lowest BCUT2D eigenvalue weighted by Gasteiger charge is -2.24. The van der Waals surface area contributed by atoms with E-state index >= 15 is 0 Å². The maximum Gasteiger partial charge on any atom is 0.410 e. The van der Waals surface area contributed by atoms with Gasteiger partial charge >= 0.3 is 6.09 Å². The third kappa shape index (κ3) is 2.56. The summed E-state index contributed by atoms with van der Waals surface area (Å²) in [4.78, 5) is 13.6. The summed E-state index contributed by atoms with van der Waals surface area (Å²) in [6.45, 7) is 6.80. The van der Waals surface area contributed by atoms with Crippen molar-refractivity contribution in [1.82, 2.24) is 14.7 Å². The molecule has 0 aliphatic carbocycles. The van der Waals surface area contributed by atoms with E-state index in [0.29, 0.717) is 13.1 Å². The van der Waals surface area contributed by atoms with Gasteiger partial charge in [-0.15, -0.1) is 0 Å². The Morgan fingerprint density at radius 2 is 2.06 bits per heavy atom. The molecule has 6 heteroatoms. The van der Waals surface area contributed by atoms with Crippen molar-refractivity contribution in [2.24, 2.45) is 7.05 Å². The molecule has 0 unspecified atom stereocenters. The molecule has 1 aliphatic rings. The second-order valence-electron chi connectivity index (χ2n) is 5.18. The van der Waals surface area contributed by atoms with Gasteiger partial charge in [0.05, 0.1) is 18.8 Å². The van der Waals surface area contributed by atoms with Crippen molar-refractivity contribution in [3.63, 3.8) is 0 Å². The van der Waals surface area contributed by atoms with Gasteiger partial charge < -0.3 is 4.74 Å². The fourth-order valence-electron chi connectivity index (χ4n) is 1.80. The van der Waals surface area contributed by atoms with Crippen LogP contribution in [-0.4, -0.2) is 26.4 Å². The molecule has 5 nitrogen and oxygen atoms in total. The van der Waals surface area contributed by atoms with Crippen LogP contribution in [0.15, 0.2) is 0 Å². The molecular weight excluding hydrogens is 333 g/mol. The number of carbonyl (C=O) groups excluding carboxylic acids is 1. The van der Waals surface area contributed by atoms with Gasteiger partial charge in [-0.2, -0.15) is 5.10 Å². The van der Waals surface area contributed by atoms with Crippen molar-refractivity contribution in [3.8, 4) is 0 Å². The number of aromatic nitrogens is 2. The molecule has 0 atom stereocenters. The summed E-state index contributed by atoms with van der Waals surface area (Å²) in [5.41, 5.74) is 1.79. The van der Waals surface area contributed by atoms with E-state index in [0.717, 1.165) is 15.0 Å². The van der Waals surface area contributed by atoms with Crippen LogP contribution in [0.3, 0.4) is 0 Å². The SMILES string of the molecule is Cn1nc(I)c2c1CN(C(=O)OC(C)(C)C)C2. The Hall–Kier alpha value is -0.790. The zero-order valence-electron chi connectivity index (χ0n) is 10.5. The maximum atomic E-state index is 11.9. The summed E-state index contributed by atoms with van der Waals surface area (Å²) in [6.07, 6.45) is -0.260. The summed E-state index contributed by atoms with van der Waals surface area (Å²) in [5.74, 6) is 0. The molecule has 0 spiro atoms. The predicted octanol–water partition coefficient (Wildman–Crippen LogP) is 2.28. The number of hydrogen-bond donors (Lipinski definition) is 0. The average Bonchev–Trinajstić information content (AvgIpc) is 2.67. The molecular formula is C11H16IN3O2. The third-order valence-electron chi connectivity index (χ3n) is 2.57. The van der Waals surface area contributed by atoms with Crippen LogP contribution in [0.5, 0.6) is 0 Å². The smallest absolute Gasteiger partial charge is 0.410 e. The highest BCUT2D eigenvalue weighted by molar-refractivity contribution is 14.1. The molecule has 0 fully saturated rings. The van der Waals surface area contributed by atoms with Gasteiger partial charge in [0.1, 0.15) is 9.30 Å². The minimum absolute atomic E-state index is 0.260. The Balaban J connectivity index is 2.10. The summed E-state index contributed by atoms with van der Waals surface area (Å²) >= 11 is 2.20. The second kappa shape index (κ2) is 4.15. The van der Waals surface area contributed by atoms with Crippen LogP contribution in [-0.2, 0) is 24.9 Å². The van der Waals surface area contributed by atoms with Crippen LogP contribution < -0.4 is 0 Å². The summed E-state index contributed by atoms with van der Waals surface area (Å²) in [6, 6.07) is 0. The van der Waals surface area contributed by atoms with E-state index in [1.165, 1.54) is 0 Å². The molecule has 0 aromatic carbocycles. The molecule has 1 aliphatic heterocycles. The van der Waals surface area contributed by atoms with Gasteiger partial charge in [0, 0.05) is 12.6 Å². The monoisotopic (exact) mass is 349 g/mol. The van der Waals surface area contributed by atoms with Gasteiger partial charge in [0.15, 0.2) is 0 Å². The number of rotatable bonds is 0. The van der Waals surface area contributed by atoms with Gasteiger partial charge in [-0.3, -0.25) is 9.58 Å². The summed E-state index contributed by atoms with van der Waals surface area (Å²) < 4.78 is 8.16. The molecule has 0 radical (unpaired) electrons. The highest BCUT2D eigenvalue weighted by Gasteiger charge is 2.31. The molecule has 1 aromatic heterocycles. The quantitative estimate of drug-likeness (QED) is 0.675. The molecule has 2 heterocycles. The van der Waals surface area contributed by atoms with Gasteiger partial charge in [0.25, 0.3) is 0 Å². The van der Waals surface area contributed by atoms with E-state index in [4.69, 9.17) is 4.74 Å². The molecule has 0 N–H and O–H groups in total. The topological polar surface area (TPSA) is 47.4 Å². The Kier molecular flexibility index (Phi) is 3.09. The summed E-state index contributed by atoms with van der Waals surface area (Å²) in [7, 11) is 1.90. The Morgan fingerprint density at radius 1 is 1.41 bits per heavy atom. The molecule has 2 rings (SSSR count). The highest BCUT2D eigenvalue weighted by Crippen LogP contribution is 2.27. The van der Waals surface area contributed by atoms with E-state index < -0.39 is 5.60 Å². The van der Waals surface area contributed by atoms with Gasteiger partial charge in [-0.1, -0.05) is 0 Å². The second-order valence-corrected chi connectivity index (χ2v) is 6.20. The molecule has 94 valence electrons. The maximum absolute atomic E-state index is 11.9. The van der Waals surface area contributed by atoms with E-state index in [9.17, 15) is 4.79 Å². The van der Waals surface area contributed by atoms with Crippen LogP contribution in [0.1, 0.15) is 32.0 Å². The van der Waals surface area contributed by atoms with E-state index in [-0.39, 0.29) is 6.09 Å². The summed E-state index contributed by atoms with van der Waals surface area (Å²) in [5, 5.41) is 4.33. The van der Waals surface area contributed by atoms with Gasteiger partial charge in [0.2, 0.25) is 0 Å². The first-order chi connectivity index (χ1) is 7.78. The average molecular weight is 349 g/mol. The van der Waals surface area contributed by atoms with Crippen LogP contribution in [0.4, 0.5) is 4.79 Å². The van der Waals surface area contributed by atoms with Crippen molar-refractivity contribution in [3.05, 3.63) is 15.0 Å². The first-order valence-corrected chi connectivity index (χ1v) is 6.54. The molecule has 1 amide bonds. The lowest BCUT2D eigenvalue weighted by molar-refractivity contribution is 0.0238. The first kappa shape index (κ1) is 12.7. The highest BCUT2D eigenvalue weighted by atomic mass is 127. The number of aryl methyl sites for hydroxylation is 1. The number of fused-ring (bicyclic) bond motifs is 1. The van der Waals surface area contributed by atoms with Crippen molar-refractivity contribution in [2.75, 3.05) is 0 Å². The van der Waals surface area contributed by atoms with Crippen molar-refractivity contribution < 1.29 is 9.53 Å². The van der Waals surface area contributed by atoms with E-state index in [1.54, 1.807) is 4.90 Å². The number of ether oxygens (including phenoxy) is 1. The van der Waals surface area contributed by atoms with E-state index in [2.05, 4.69) is 27.7 Å². The van der Waals surface area contributed by atoms with Crippen LogP contribution in [0.2, 0.25) is 0 Å². The molecule has 17 heavy (non-hydrogen) atoms. The Bertz CT molecular complexity index is 436. The van der Waals surface area contributed by atoms with E-state index in [1.807, 2.05) is 32.5 Å². The number of hydrogen-bond acceptors (Lipinski definition) is 3. The fourth-order valence-corrected chi connectivity index (χ4v) is 2.61. The Morgan fingerprint density at radius 3 is 2.59 bits per heavy atom. The number of halogens is 1.